The Morgan fingerprint density at radius 3 is 1.92 bits per heavy atom. The lowest BCUT2D eigenvalue weighted by Crippen LogP contribution is -2.02. The van der Waals surface area contributed by atoms with Gasteiger partial charge in [0.05, 0.1) is 0 Å². The zero-order valence-corrected chi connectivity index (χ0v) is 6.40. The molecule has 1 aromatic rings. The highest BCUT2D eigenvalue weighted by molar-refractivity contribution is 6.50. The van der Waals surface area contributed by atoms with Crippen LogP contribution in [-0.2, 0) is 0 Å². The summed E-state index contributed by atoms with van der Waals surface area (Å²) in [6, 6.07) is 10.8. The van der Waals surface area contributed by atoms with Gasteiger partial charge in [0.15, 0.2) is 0 Å². The SMILES string of the molecule is Cc1c[c]ccc1.F[B-](F)(F)F. The van der Waals surface area contributed by atoms with Crippen molar-refractivity contribution in [3.05, 3.63) is 35.9 Å². The van der Waals surface area contributed by atoms with E-state index in [0.717, 1.165) is 0 Å². The van der Waals surface area contributed by atoms with Crippen molar-refractivity contribution in [2.45, 2.75) is 6.92 Å². The molecule has 0 aliphatic heterocycles. The molecule has 0 saturated heterocycles. The Morgan fingerprint density at radius 2 is 1.75 bits per heavy atom. The molecule has 0 aliphatic carbocycles. The van der Waals surface area contributed by atoms with E-state index in [-0.39, 0.29) is 0 Å². The summed E-state index contributed by atoms with van der Waals surface area (Å²) in [6.07, 6.45) is 0. The Bertz CT molecular complexity index is 200. The van der Waals surface area contributed by atoms with Crippen molar-refractivity contribution >= 4 is 7.25 Å². The summed E-state index contributed by atoms with van der Waals surface area (Å²) in [5.74, 6) is 0. The van der Waals surface area contributed by atoms with Crippen LogP contribution in [0, 0.1) is 13.0 Å². The Balaban J connectivity index is 0.000000217. The van der Waals surface area contributed by atoms with Gasteiger partial charge in [0.2, 0.25) is 0 Å². The molecule has 0 atom stereocenters. The fraction of sp³-hybridized carbons (Fsp3) is 0.143. The van der Waals surface area contributed by atoms with Gasteiger partial charge in [0.25, 0.3) is 0 Å². The molecule has 0 spiro atoms. The lowest BCUT2D eigenvalue weighted by atomic mass is 10.2. The van der Waals surface area contributed by atoms with E-state index >= 15 is 0 Å². The van der Waals surface area contributed by atoms with Crippen molar-refractivity contribution in [3.8, 4) is 0 Å². The molecule has 0 aromatic heterocycles. The third kappa shape index (κ3) is 11.8. The summed E-state index contributed by atoms with van der Waals surface area (Å²) >= 11 is 0. The van der Waals surface area contributed by atoms with Crippen LogP contribution in [0.3, 0.4) is 0 Å². The van der Waals surface area contributed by atoms with Crippen molar-refractivity contribution in [2.24, 2.45) is 0 Å². The van der Waals surface area contributed by atoms with E-state index < -0.39 is 7.25 Å². The molecule has 0 heterocycles. The van der Waals surface area contributed by atoms with Crippen LogP contribution in [0.15, 0.2) is 24.3 Å². The fourth-order valence-corrected chi connectivity index (χ4v) is 0.483. The molecular weight excluding hydrogens is 171 g/mol. The fourth-order valence-electron chi connectivity index (χ4n) is 0.483. The summed E-state index contributed by atoms with van der Waals surface area (Å²) in [5.41, 5.74) is 1.27. The van der Waals surface area contributed by atoms with Gasteiger partial charge in [-0.3, -0.25) is 0 Å². The highest BCUT2D eigenvalue weighted by Crippen LogP contribution is 2.06. The Labute approximate surface area is 68.3 Å². The van der Waals surface area contributed by atoms with E-state index in [9.17, 15) is 17.3 Å². The maximum absolute atomic E-state index is 9.75. The molecule has 1 aromatic carbocycles. The van der Waals surface area contributed by atoms with Crippen LogP contribution in [0.5, 0.6) is 0 Å². The third-order valence-electron chi connectivity index (χ3n) is 0.863. The topological polar surface area (TPSA) is 0 Å². The van der Waals surface area contributed by atoms with Gasteiger partial charge < -0.3 is 17.3 Å². The van der Waals surface area contributed by atoms with Crippen molar-refractivity contribution in [2.75, 3.05) is 0 Å². The molecule has 0 aliphatic rings. The van der Waals surface area contributed by atoms with Gasteiger partial charge in [-0.05, 0) is 13.0 Å². The predicted octanol–water partition coefficient (Wildman–Crippen LogP) is 3.10. The van der Waals surface area contributed by atoms with Crippen LogP contribution >= 0.6 is 0 Å². The number of halogens is 4. The number of benzene rings is 1. The van der Waals surface area contributed by atoms with E-state index in [1.54, 1.807) is 0 Å². The normalized spacial score (nSPS) is 10.1. The molecule has 0 fully saturated rings. The average molecular weight is 178 g/mol. The molecule has 67 valence electrons. The second-order valence-electron chi connectivity index (χ2n) is 2.08. The van der Waals surface area contributed by atoms with Gasteiger partial charge in [-0.25, -0.2) is 0 Å². The molecule has 12 heavy (non-hydrogen) atoms. The number of aryl methyl sites for hydroxylation is 1. The van der Waals surface area contributed by atoms with Gasteiger partial charge in [0.1, 0.15) is 0 Å². The highest BCUT2D eigenvalue weighted by atomic mass is 19.5. The molecule has 0 amide bonds. The van der Waals surface area contributed by atoms with E-state index in [1.165, 1.54) is 5.56 Å². The minimum absolute atomic E-state index is 1.27. The zero-order valence-electron chi connectivity index (χ0n) is 6.40. The van der Waals surface area contributed by atoms with Crippen molar-refractivity contribution in [1.82, 2.24) is 0 Å². The van der Waals surface area contributed by atoms with Gasteiger partial charge >= 0.3 is 7.25 Å². The number of hydrogen-bond acceptors (Lipinski definition) is 0. The van der Waals surface area contributed by atoms with Crippen LogP contribution in [-0.4, -0.2) is 7.25 Å². The van der Waals surface area contributed by atoms with Crippen molar-refractivity contribution in [1.29, 1.82) is 0 Å². The highest BCUT2D eigenvalue weighted by Gasteiger charge is 2.20. The van der Waals surface area contributed by atoms with Crippen molar-refractivity contribution in [3.63, 3.8) is 0 Å². The predicted molar refractivity (Wildman–Crippen MR) is 40.2 cm³/mol. The van der Waals surface area contributed by atoms with E-state index in [4.69, 9.17) is 0 Å². The minimum Gasteiger partial charge on any atom is -0.418 e. The van der Waals surface area contributed by atoms with Crippen LogP contribution in [0.2, 0.25) is 0 Å². The summed E-state index contributed by atoms with van der Waals surface area (Å²) < 4.78 is 39.0. The first-order valence-electron chi connectivity index (χ1n) is 3.19. The summed E-state index contributed by atoms with van der Waals surface area (Å²) in [6.45, 7) is 2.05. The molecule has 0 N–H and O–H groups in total. The van der Waals surface area contributed by atoms with Crippen LogP contribution in [0.1, 0.15) is 5.56 Å². The second-order valence-corrected chi connectivity index (χ2v) is 2.08. The minimum atomic E-state index is -6.00. The van der Waals surface area contributed by atoms with E-state index in [1.807, 2.05) is 18.2 Å². The van der Waals surface area contributed by atoms with Gasteiger partial charge in [-0.15, -0.1) is 0 Å². The molecule has 1 rings (SSSR count). The Morgan fingerprint density at radius 1 is 1.25 bits per heavy atom. The molecule has 0 bridgehead atoms. The molecular formula is C7H7BF4-. The lowest BCUT2D eigenvalue weighted by Gasteiger charge is -1.94. The molecule has 1 radical (unpaired) electrons. The Hall–Kier alpha value is -0.995. The number of rotatable bonds is 0. The lowest BCUT2D eigenvalue weighted by molar-refractivity contribution is 0.368. The molecule has 5 heteroatoms. The average Bonchev–Trinajstić information content (AvgIpc) is 1.85. The van der Waals surface area contributed by atoms with Crippen molar-refractivity contribution < 1.29 is 17.3 Å². The largest absolute Gasteiger partial charge is 0.673 e. The Kier molecular flexibility index (Phi) is 4.40. The first-order valence-corrected chi connectivity index (χ1v) is 3.19. The van der Waals surface area contributed by atoms with Gasteiger partial charge in [0, 0.05) is 0 Å². The van der Waals surface area contributed by atoms with Gasteiger partial charge in [-0.1, -0.05) is 29.8 Å². The molecule has 0 saturated carbocycles. The zero-order chi connectivity index (χ0) is 9.61. The monoisotopic (exact) mass is 178 g/mol. The summed E-state index contributed by atoms with van der Waals surface area (Å²) in [5, 5.41) is 0. The molecule has 0 unspecified atom stereocenters. The second kappa shape index (κ2) is 4.80. The van der Waals surface area contributed by atoms with Crippen LogP contribution in [0.4, 0.5) is 17.3 Å². The molecule has 0 nitrogen and oxygen atoms in total. The maximum atomic E-state index is 9.75. The maximum Gasteiger partial charge on any atom is 0.673 e. The third-order valence-corrected chi connectivity index (χ3v) is 0.863. The van der Waals surface area contributed by atoms with E-state index in [0.29, 0.717) is 0 Å². The van der Waals surface area contributed by atoms with E-state index in [2.05, 4.69) is 19.1 Å². The van der Waals surface area contributed by atoms with Crippen LogP contribution in [0.25, 0.3) is 0 Å². The summed E-state index contributed by atoms with van der Waals surface area (Å²) in [4.78, 5) is 0. The first-order chi connectivity index (χ1) is 5.39. The smallest absolute Gasteiger partial charge is 0.418 e. The first kappa shape index (κ1) is 11.0. The van der Waals surface area contributed by atoms with Gasteiger partial charge in [-0.2, -0.15) is 0 Å². The van der Waals surface area contributed by atoms with Crippen LogP contribution < -0.4 is 0 Å². The summed E-state index contributed by atoms with van der Waals surface area (Å²) in [7, 11) is -6.00. The standard InChI is InChI=1S/C7H7.BF4/c1-7-5-3-2-4-6-7;2-1(3,4)5/h2-3,5-6H,1H3;/q;-1. The number of hydrogen-bond donors (Lipinski definition) is 0. The quantitative estimate of drug-likeness (QED) is 0.422.